The standard InChI is InChI=1S/C10H18O5/c1-7(2)5-13-9(11)15-10(12)14-6-8(3)4/h7-8H,5-6H2,1-4H3. The van der Waals surface area contributed by atoms with Crippen LogP contribution in [-0.2, 0) is 14.2 Å². The SMILES string of the molecule is CC(C)COC(=O)OC(=O)OCC(C)C. The van der Waals surface area contributed by atoms with Gasteiger partial charge >= 0.3 is 12.3 Å². The highest BCUT2D eigenvalue weighted by atomic mass is 16.8. The largest absolute Gasteiger partial charge is 0.518 e. The molecule has 5 heteroatoms. The number of carbonyl (C=O) groups excluding carboxylic acids is 2. The van der Waals surface area contributed by atoms with Crippen molar-refractivity contribution in [3.05, 3.63) is 0 Å². The van der Waals surface area contributed by atoms with Crippen LogP contribution in [0.4, 0.5) is 9.59 Å². The van der Waals surface area contributed by atoms with E-state index in [1.807, 2.05) is 27.7 Å². The fourth-order valence-corrected chi connectivity index (χ4v) is 0.596. The van der Waals surface area contributed by atoms with Crippen LogP contribution in [0.3, 0.4) is 0 Å². The first kappa shape index (κ1) is 13.7. The molecule has 15 heavy (non-hydrogen) atoms. The summed E-state index contributed by atoms with van der Waals surface area (Å²) in [5.74, 6) is 0.397. The second-order valence-electron chi connectivity index (χ2n) is 4.01. The van der Waals surface area contributed by atoms with Crippen molar-refractivity contribution in [2.24, 2.45) is 11.8 Å². The molecule has 0 saturated heterocycles. The second-order valence-corrected chi connectivity index (χ2v) is 4.01. The van der Waals surface area contributed by atoms with E-state index in [1.54, 1.807) is 0 Å². The van der Waals surface area contributed by atoms with Crippen molar-refractivity contribution in [2.45, 2.75) is 27.7 Å². The zero-order chi connectivity index (χ0) is 11.8. The van der Waals surface area contributed by atoms with Crippen LogP contribution >= 0.6 is 0 Å². The van der Waals surface area contributed by atoms with E-state index < -0.39 is 12.3 Å². The molecule has 0 saturated carbocycles. The van der Waals surface area contributed by atoms with Gasteiger partial charge in [-0.05, 0) is 11.8 Å². The van der Waals surface area contributed by atoms with E-state index in [0.717, 1.165) is 0 Å². The Morgan fingerprint density at radius 1 is 0.867 bits per heavy atom. The second kappa shape index (κ2) is 7.09. The number of hydrogen-bond donors (Lipinski definition) is 0. The normalized spacial score (nSPS) is 10.3. The van der Waals surface area contributed by atoms with Crippen LogP contribution in [0.2, 0.25) is 0 Å². The maximum Gasteiger partial charge on any atom is 0.518 e. The summed E-state index contributed by atoms with van der Waals surface area (Å²) >= 11 is 0. The van der Waals surface area contributed by atoms with Gasteiger partial charge < -0.3 is 14.2 Å². The van der Waals surface area contributed by atoms with E-state index in [-0.39, 0.29) is 25.0 Å². The average molecular weight is 218 g/mol. The van der Waals surface area contributed by atoms with Crippen LogP contribution in [0.15, 0.2) is 0 Å². The highest BCUT2D eigenvalue weighted by molar-refractivity contribution is 5.76. The zero-order valence-corrected chi connectivity index (χ0v) is 9.61. The third-order valence-corrected chi connectivity index (χ3v) is 1.24. The molecule has 5 nitrogen and oxygen atoms in total. The molecule has 0 aromatic heterocycles. The molecule has 0 aliphatic carbocycles. The van der Waals surface area contributed by atoms with Crippen LogP contribution in [0.5, 0.6) is 0 Å². The molecule has 0 aliphatic rings. The fraction of sp³-hybridized carbons (Fsp3) is 0.800. The van der Waals surface area contributed by atoms with Crippen LogP contribution < -0.4 is 0 Å². The Bertz CT molecular complexity index is 188. The smallest absolute Gasteiger partial charge is 0.434 e. The summed E-state index contributed by atoms with van der Waals surface area (Å²) in [6.45, 7) is 7.95. The molecule has 0 aromatic rings. The Hall–Kier alpha value is -1.26. The van der Waals surface area contributed by atoms with Crippen LogP contribution in [0.25, 0.3) is 0 Å². The first-order chi connectivity index (χ1) is 6.91. The van der Waals surface area contributed by atoms with E-state index in [4.69, 9.17) is 0 Å². The van der Waals surface area contributed by atoms with E-state index >= 15 is 0 Å². The predicted molar refractivity (Wildman–Crippen MR) is 53.5 cm³/mol. The van der Waals surface area contributed by atoms with Crippen LogP contribution in [-0.4, -0.2) is 25.5 Å². The van der Waals surface area contributed by atoms with E-state index in [2.05, 4.69) is 14.2 Å². The molecular formula is C10H18O5. The number of ether oxygens (including phenoxy) is 3. The molecule has 0 amide bonds. The molecule has 0 spiro atoms. The van der Waals surface area contributed by atoms with Crippen molar-refractivity contribution in [1.82, 2.24) is 0 Å². The predicted octanol–water partition coefficient (Wildman–Crippen LogP) is 2.59. The van der Waals surface area contributed by atoms with Gasteiger partial charge in [0, 0.05) is 0 Å². The van der Waals surface area contributed by atoms with E-state index in [0.29, 0.717) is 0 Å². The Morgan fingerprint density at radius 2 is 1.20 bits per heavy atom. The van der Waals surface area contributed by atoms with Gasteiger partial charge in [-0.2, -0.15) is 0 Å². The van der Waals surface area contributed by atoms with Gasteiger partial charge in [-0.3, -0.25) is 0 Å². The zero-order valence-electron chi connectivity index (χ0n) is 9.61. The minimum Gasteiger partial charge on any atom is -0.434 e. The molecule has 0 heterocycles. The molecule has 0 radical (unpaired) electrons. The first-order valence-electron chi connectivity index (χ1n) is 4.93. The minimum absolute atomic E-state index is 0.198. The lowest BCUT2D eigenvalue weighted by molar-refractivity contribution is 0.0281. The highest BCUT2D eigenvalue weighted by Gasteiger charge is 2.13. The summed E-state index contributed by atoms with van der Waals surface area (Å²) in [7, 11) is 0. The minimum atomic E-state index is -1.02. The molecule has 0 N–H and O–H groups in total. The molecule has 0 atom stereocenters. The summed E-state index contributed by atoms with van der Waals surface area (Å²) in [5.41, 5.74) is 0. The van der Waals surface area contributed by atoms with E-state index in [1.165, 1.54) is 0 Å². The number of carbonyl (C=O) groups is 2. The van der Waals surface area contributed by atoms with E-state index in [9.17, 15) is 9.59 Å². The molecule has 0 unspecified atom stereocenters. The summed E-state index contributed by atoms with van der Waals surface area (Å²) in [6, 6.07) is 0. The summed E-state index contributed by atoms with van der Waals surface area (Å²) < 4.78 is 13.5. The molecule has 0 aromatic carbocycles. The van der Waals surface area contributed by atoms with Gasteiger partial charge in [0.1, 0.15) is 0 Å². The number of hydrogen-bond acceptors (Lipinski definition) is 5. The van der Waals surface area contributed by atoms with Gasteiger partial charge in [0.2, 0.25) is 0 Å². The van der Waals surface area contributed by atoms with Gasteiger partial charge in [-0.25, -0.2) is 9.59 Å². The fourth-order valence-electron chi connectivity index (χ4n) is 0.596. The highest BCUT2D eigenvalue weighted by Crippen LogP contribution is 1.98. The van der Waals surface area contributed by atoms with Crippen LogP contribution in [0, 0.1) is 11.8 Å². The summed E-state index contributed by atoms with van der Waals surface area (Å²) in [5, 5.41) is 0. The van der Waals surface area contributed by atoms with Crippen molar-refractivity contribution < 1.29 is 23.8 Å². The van der Waals surface area contributed by atoms with Crippen molar-refractivity contribution in [1.29, 1.82) is 0 Å². The Morgan fingerprint density at radius 3 is 1.47 bits per heavy atom. The lowest BCUT2D eigenvalue weighted by atomic mass is 10.2. The van der Waals surface area contributed by atoms with Gasteiger partial charge in [0.25, 0.3) is 0 Å². The maximum atomic E-state index is 10.9. The van der Waals surface area contributed by atoms with Crippen molar-refractivity contribution in [2.75, 3.05) is 13.2 Å². The van der Waals surface area contributed by atoms with Gasteiger partial charge in [0.15, 0.2) is 0 Å². The summed E-state index contributed by atoms with van der Waals surface area (Å²) in [4.78, 5) is 21.7. The molecule has 0 fully saturated rings. The maximum absolute atomic E-state index is 10.9. The molecule has 88 valence electrons. The Kier molecular flexibility index (Phi) is 6.49. The molecule has 0 aliphatic heterocycles. The quantitative estimate of drug-likeness (QED) is 0.536. The third-order valence-electron chi connectivity index (χ3n) is 1.24. The first-order valence-corrected chi connectivity index (χ1v) is 4.93. The molecular weight excluding hydrogens is 200 g/mol. The van der Waals surface area contributed by atoms with Gasteiger partial charge in [0.05, 0.1) is 13.2 Å². The topological polar surface area (TPSA) is 61.8 Å². The van der Waals surface area contributed by atoms with Gasteiger partial charge in [-0.1, -0.05) is 27.7 Å². The number of rotatable bonds is 4. The van der Waals surface area contributed by atoms with Gasteiger partial charge in [-0.15, -0.1) is 0 Å². The Labute approximate surface area is 89.7 Å². The van der Waals surface area contributed by atoms with Crippen LogP contribution in [0.1, 0.15) is 27.7 Å². The molecule has 0 rings (SSSR count). The van der Waals surface area contributed by atoms with Crippen molar-refractivity contribution in [3.63, 3.8) is 0 Å². The lowest BCUT2D eigenvalue weighted by Crippen LogP contribution is -2.18. The monoisotopic (exact) mass is 218 g/mol. The van der Waals surface area contributed by atoms with Crippen molar-refractivity contribution >= 4 is 12.3 Å². The summed E-state index contributed by atoms with van der Waals surface area (Å²) in [6.07, 6.45) is -2.03. The van der Waals surface area contributed by atoms with Crippen molar-refractivity contribution in [3.8, 4) is 0 Å². The Balaban J connectivity index is 3.63. The molecule has 0 bridgehead atoms. The average Bonchev–Trinajstić information content (AvgIpc) is 2.11. The lowest BCUT2D eigenvalue weighted by Gasteiger charge is -2.08. The third kappa shape index (κ3) is 9.05.